The van der Waals surface area contributed by atoms with Crippen molar-refractivity contribution < 1.29 is 41.9 Å². The summed E-state index contributed by atoms with van der Waals surface area (Å²) in [5.74, 6) is 0. The smallest absolute Gasteiger partial charge is 0.147 e. The second-order valence-electron chi connectivity index (χ2n) is 12.8. The van der Waals surface area contributed by atoms with Gasteiger partial charge in [-0.3, -0.25) is 0 Å². The van der Waals surface area contributed by atoms with Gasteiger partial charge in [-0.15, -0.1) is 24.8 Å². The zero-order valence-corrected chi connectivity index (χ0v) is 35.8. The minimum Gasteiger partial charge on any atom is -0.147 e. The molecule has 232 valence electrons. The molecule has 8 rings (SSSR count). The van der Waals surface area contributed by atoms with E-state index < -0.39 is 41.9 Å². The molecule has 0 bridgehead atoms. The predicted octanol–water partition coefficient (Wildman–Crippen LogP) is 11.5. The van der Waals surface area contributed by atoms with E-state index in [1.54, 1.807) is 28.8 Å². The van der Waals surface area contributed by atoms with E-state index in [0.717, 1.165) is 0 Å². The van der Waals surface area contributed by atoms with Gasteiger partial charge in [0.05, 0.1) is 0 Å². The summed E-state index contributed by atoms with van der Waals surface area (Å²) in [6.45, 7) is 9.52. The van der Waals surface area contributed by atoms with Gasteiger partial charge in [0.2, 0.25) is 0 Å². The fourth-order valence-electron chi connectivity index (χ4n) is 7.71. The average Bonchev–Trinajstić information content (AvgIpc) is 3.84. The summed E-state index contributed by atoms with van der Waals surface area (Å²) in [7, 11) is 0. The molecule has 46 heavy (non-hydrogen) atoms. The number of benzene rings is 4. The Morgan fingerprint density at radius 2 is 0.587 bits per heavy atom. The van der Waals surface area contributed by atoms with Gasteiger partial charge in [-0.05, 0) is 0 Å². The molecule has 0 nitrogen and oxygen atoms in total. The molecule has 4 aromatic carbocycles. The largest absolute Gasteiger partial charge is 0.147 e. The van der Waals surface area contributed by atoms with Gasteiger partial charge >= 0.3 is 281 Å². The minimum absolute atomic E-state index is 0. The molecule has 4 atom stereocenters. The molecule has 4 aromatic rings. The van der Waals surface area contributed by atoms with Crippen LogP contribution in [-0.2, 0) is 41.9 Å². The SMILES string of the molecule is C[C](C)=[Hf]([CH]1C=Cc2ccccc21)[CH]1C=Cc2ccccc21.C[C](C)=[Hf]([CH]1C=Cc2ccccc21)[CH]1C=Cc2ccccc21.Cl.Cl. The Hall–Kier alpha value is -2.10. The molecular weight excluding hydrogens is 932 g/mol. The summed E-state index contributed by atoms with van der Waals surface area (Å²) < 4.78 is 6.25. The number of rotatable bonds is 4. The molecule has 4 heteroatoms. The van der Waals surface area contributed by atoms with Crippen LogP contribution in [0.3, 0.4) is 0 Å². The van der Waals surface area contributed by atoms with Crippen LogP contribution in [0.15, 0.2) is 121 Å². The minimum atomic E-state index is -2.03. The molecule has 0 N–H and O–H groups in total. The maximum absolute atomic E-state index is 2.49. The molecule has 0 spiro atoms. The molecule has 0 fully saturated rings. The van der Waals surface area contributed by atoms with E-state index >= 15 is 0 Å². The summed E-state index contributed by atoms with van der Waals surface area (Å²) in [5.41, 5.74) is 12.0. The van der Waals surface area contributed by atoms with E-state index in [2.05, 4.69) is 173 Å². The third-order valence-electron chi connectivity index (χ3n) is 9.69. The molecule has 4 aliphatic rings. The first-order chi connectivity index (χ1) is 21.5. The van der Waals surface area contributed by atoms with Crippen LogP contribution in [0, 0.1) is 0 Å². The third-order valence-corrected chi connectivity index (χ3v) is 34.9. The van der Waals surface area contributed by atoms with E-state index in [4.69, 9.17) is 0 Å². The van der Waals surface area contributed by atoms with Crippen molar-refractivity contribution in [1.82, 2.24) is 0 Å². The molecule has 0 saturated carbocycles. The van der Waals surface area contributed by atoms with Crippen LogP contribution in [0.25, 0.3) is 24.3 Å². The second-order valence-corrected chi connectivity index (χ2v) is 35.4. The van der Waals surface area contributed by atoms with Gasteiger partial charge in [0.15, 0.2) is 0 Å². The standard InChI is InChI=1S/4C9H7.2C3H6.2ClH.2Hf/c4*1-2-5-9-7-3-6-8(9)4-1;2*1-3-2;;;;/h4*1-7H;2*1-2H3;2*1H;;. The van der Waals surface area contributed by atoms with Crippen molar-refractivity contribution in [2.75, 3.05) is 0 Å². The Bertz CT molecular complexity index is 1660. The number of allylic oxidation sites excluding steroid dienone is 4. The maximum Gasteiger partial charge on any atom is -0.147 e. The van der Waals surface area contributed by atoms with E-state index in [0.29, 0.717) is 14.7 Å². The number of fused-ring (bicyclic) bond motifs is 4. The molecule has 4 unspecified atom stereocenters. The van der Waals surface area contributed by atoms with Crippen molar-refractivity contribution >= 4 is 55.6 Å². The number of halogens is 2. The summed E-state index contributed by atoms with van der Waals surface area (Å²) in [6, 6.07) is 35.9. The summed E-state index contributed by atoms with van der Waals surface area (Å²) in [4.78, 5) is 0. The fourth-order valence-corrected chi connectivity index (χ4v) is 32.4. The zero-order chi connectivity index (χ0) is 30.2. The molecule has 0 aliphatic heterocycles. The maximum atomic E-state index is 2.49. The van der Waals surface area contributed by atoms with Gasteiger partial charge in [0.25, 0.3) is 0 Å². The van der Waals surface area contributed by atoms with Crippen molar-refractivity contribution in [1.29, 1.82) is 0 Å². The molecule has 0 heterocycles. The van der Waals surface area contributed by atoms with Gasteiger partial charge in [-0.1, -0.05) is 0 Å². The zero-order valence-electron chi connectivity index (χ0n) is 27.0. The van der Waals surface area contributed by atoms with Crippen LogP contribution in [0.5, 0.6) is 0 Å². The molecule has 0 radical (unpaired) electrons. The summed E-state index contributed by atoms with van der Waals surface area (Å²) in [6.07, 6.45) is 19.4. The van der Waals surface area contributed by atoms with Crippen LogP contribution in [0.4, 0.5) is 0 Å². The Kier molecular flexibility index (Phi) is 11.8. The second kappa shape index (κ2) is 15.4. The van der Waals surface area contributed by atoms with E-state index in [1.165, 1.54) is 22.3 Å². The summed E-state index contributed by atoms with van der Waals surface area (Å²) >= 11 is -4.07. The first-order valence-electron chi connectivity index (χ1n) is 15.9. The first-order valence-corrected chi connectivity index (χ1v) is 27.8. The van der Waals surface area contributed by atoms with Crippen molar-refractivity contribution in [3.05, 3.63) is 166 Å². The van der Waals surface area contributed by atoms with E-state index in [-0.39, 0.29) is 24.8 Å². The molecule has 4 aliphatic carbocycles. The number of hydrogen-bond donors (Lipinski definition) is 0. The van der Waals surface area contributed by atoms with Crippen LogP contribution < -0.4 is 0 Å². The van der Waals surface area contributed by atoms with Crippen LogP contribution >= 0.6 is 24.8 Å². The van der Waals surface area contributed by atoms with Crippen molar-refractivity contribution in [2.45, 2.75) is 42.4 Å². The Balaban J connectivity index is 0.000000174. The normalized spacial score (nSPS) is 19.9. The monoisotopic (exact) mass is 976 g/mol. The van der Waals surface area contributed by atoms with Crippen molar-refractivity contribution in [3.8, 4) is 0 Å². The Labute approximate surface area is 302 Å². The van der Waals surface area contributed by atoms with Crippen LogP contribution in [0.1, 0.15) is 86.9 Å². The third kappa shape index (κ3) is 6.75. The Morgan fingerprint density at radius 3 is 0.804 bits per heavy atom. The van der Waals surface area contributed by atoms with Crippen molar-refractivity contribution in [3.63, 3.8) is 0 Å². The van der Waals surface area contributed by atoms with Crippen molar-refractivity contribution in [2.24, 2.45) is 0 Å². The van der Waals surface area contributed by atoms with Crippen LogP contribution in [0.2, 0.25) is 0 Å². The van der Waals surface area contributed by atoms with E-state index in [9.17, 15) is 0 Å². The van der Waals surface area contributed by atoms with Gasteiger partial charge in [0.1, 0.15) is 0 Å². The molecule has 0 amide bonds. The first kappa shape index (κ1) is 35.2. The van der Waals surface area contributed by atoms with Gasteiger partial charge < -0.3 is 0 Å². The Morgan fingerprint density at radius 1 is 0.370 bits per heavy atom. The topological polar surface area (TPSA) is 0 Å². The fraction of sp³-hybridized carbons (Fsp3) is 0.190. The summed E-state index contributed by atoms with van der Waals surface area (Å²) in [5, 5.41) is 0. The van der Waals surface area contributed by atoms with E-state index in [1.807, 2.05) is 0 Å². The number of hydrogen-bond acceptors (Lipinski definition) is 0. The predicted molar refractivity (Wildman–Crippen MR) is 200 cm³/mol. The molecular formula is C42H42Cl2Hf2. The average molecular weight is 975 g/mol. The van der Waals surface area contributed by atoms with Crippen LogP contribution in [-0.4, -0.2) is 6.51 Å². The van der Waals surface area contributed by atoms with Gasteiger partial charge in [0, 0.05) is 0 Å². The molecule has 0 saturated heterocycles. The van der Waals surface area contributed by atoms with Gasteiger partial charge in [-0.2, -0.15) is 0 Å². The van der Waals surface area contributed by atoms with Gasteiger partial charge in [-0.25, -0.2) is 0 Å². The quantitative estimate of drug-likeness (QED) is 0.179. The molecule has 0 aromatic heterocycles.